The predicted octanol–water partition coefficient (Wildman–Crippen LogP) is 4.92. The minimum atomic E-state index is -0.0444. The Morgan fingerprint density at radius 2 is 1.79 bits per heavy atom. The van der Waals surface area contributed by atoms with Crippen LogP contribution in [0, 0.1) is 6.92 Å². The summed E-state index contributed by atoms with van der Waals surface area (Å²) < 4.78 is 0.702. The van der Waals surface area contributed by atoms with Gasteiger partial charge in [-0.05, 0) is 30.9 Å². The smallest absolute Gasteiger partial charge is 0.242 e. The molecule has 0 radical (unpaired) electrons. The molecule has 1 fully saturated rings. The number of amides is 1. The van der Waals surface area contributed by atoms with E-state index >= 15 is 0 Å². The second kappa shape index (κ2) is 7.49. The summed E-state index contributed by atoms with van der Waals surface area (Å²) in [6.07, 6.45) is 1.58. The minimum Gasteiger partial charge on any atom is -0.289 e. The van der Waals surface area contributed by atoms with Gasteiger partial charge in [0.1, 0.15) is 4.32 Å². The van der Waals surface area contributed by atoms with Gasteiger partial charge in [-0.2, -0.15) is 0 Å². The summed E-state index contributed by atoms with van der Waals surface area (Å²) in [7, 11) is 0. The number of thiocarbonyl (C=S) groups is 1. The molecule has 2 unspecified atom stereocenters. The summed E-state index contributed by atoms with van der Waals surface area (Å²) in [5.41, 5.74) is 3.56. The first kappa shape index (κ1) is 17.2. The zero-order valence-electron chi connectivity index (χ0n) is 13.9. The lowest BCUT2D eigenvalue weighted by Crippen LogP contribution is -2.36. The van der Waals surface area contributed by atoms with Gasteiger partial charge in [-0.25, -0.2) is 0 Å². The Balaban J connectivity index is 1.97. The molecule has 2 aromatic carbocycles. The molecule has 0 aliphatic carbocycles. The lowest BCUT2D eigenvalue weighted by atomic mass is 9.96. The van der Waals surface area contributed by atoms with Crippen LogP contribution >= 0.6 is 24.0 Å². The number of aryl methyl sites for hydroxylation is 1. The minimum absolute atomic E-state index is 0.0405. The third kappa shape index (κ3) is 3.55. The van der Waals surface area contributed by atoms with Crippen LogP contribution in [0.4, 0.5) is 0 Å². The van der Waals surface area contributed by atoms with Crippen molar-refractivity contribution in [2.75, 3.05) is 0 Å². The molecule has 0 bridgehead atoms. The van der Waals surface area contributed by atoms with Crippen molar-refractivity contribution in [2.45, 2.75) is 38.0 Å². The molecule has 0 saturated carbocycles. The molecular weight excluding hydrogens is 334 g/mol. The van der Waals surface area contributed by atoms with Gasteiger partial charge in [0.2, 0.25) is 5.91 Å². The van der Waals surface area contributed by atoms with Crippen molar-refractivity contribution < 1.29 is 4.79 Å². The van der Waals surface area contributed by atoms with Crippen molar-refractivity contribution in [1.82, 2.24) is 4.90 Å². The molecule has 1 aliphatic heterocycles. The second-order valence-corrected chi connectivity index (χ2v) is 7.94. The zero-order chi connectivity index (χ0) is 17.1. The molecule has 1 aliphatic rings. The number of carbonyl (C=O) groups excluding carboxylic acids is 1. The van der Waals surface area contributed by atoms with Crippen molar-refractivity contribution in [3.8, 4) is 0 Å². The predicted molar refractivity (Wildman–Crippen MR) is 105 cm³/mol. The van der Waals surface area contributed by atoms with Crippen LogP contribution in [-0.2, 0) is 11.2 Å². The van der Waals surface area contributed by atoms with E-state index in [1.54, 1.807) is 0 Å². The van der Waals surface area contributed by atoms with Gasteiger partial charge in [0.25, 0.3) is 0 Å². The molecule has 3 rings (SSSR count). The number of benzene rings is 2. The molecule has 2 atom stereocenters. The molecule has 1 amide bonds. The summed E-state index contributed by atoms with van der Waals surface area (Å²) in [5.74, 6) is 0.147. The van der Waals surface area contributed by atoms with Gasteiger partial charge in [-0.1, -0.05) is 91.1 Å². The van der Waals surface area contributed by atoms with Crippen molar-refractivity contribution in [2.24, 2.45) is 0 Å². The molecule has 4 heteroatoms. The first-order valence-corrected chi connectivity index (χ1v) is 9.53. The Labute approximate surface area is 153 Å². The molecule has 24 heavy (non-hydrogen) atoms. The molecule has 2 aromatic rings. The van der Waals surface area contributed by atoms with Crippen molar-refractivity contribution in [3.05, 3.63) is 71.3 Å². The van der Waals surface area contributed by atoms with Crippen LogP contribution in [0.2, 0.25) is 0 Å². The third-order valence-electron chi connectivity index (χ3n) is 4.37. The van der Waals surface area contributed by atoms with E-state index < -0.39 is 0 Å². The lowest BCUT2D eigenvalue weighted by molar-refractivity contribution is -0.127. The van der Waals surface area contributed by atoms with Gasteiger partial charge in [0.15, 0.2) is 0 Å². The quantitative estimate of drug-likeness (QED) is 0.710. The Hall–Kier alpha value is -1.65. The maximum absolute atomic E-state index is 12.8. The highest BCUT2D eigenvalue weighted by atomic mass is 32.2. The molecule has 1 heterocycles. The van der Waals surface area contributed by atoms with E-state index in [4.69, 9.17) is 12.2 Å². The highest BCUT2D eigenvalue weighted by molar-refractivity contribution is 8.24. The molecule has 0 spiro atoms. The number of thioether (sulfide) groups is 1. The molecule has 0 N–H and O–H groups in total. The Bertz CT molecular complexity index is 727. The maximum atomic E-state index is 12.8. The SMILES string of the molecule is CCC1SC(=S)N(C(Cc2ccccc2)c2ccc(C)cc2)C1=O. The van der Waals surface area contributed by atoms with Crippen molar-refractivity contribution >= 4 is 34.2 Å². The molecule has 1 saturated heterocycles. The van der Waals surface area contributed by atoms with Crippen LogP contribution in [0.1, 0.15) is 36.1 Å². The molecule has 2 nitrogen and oxygen atoms in total. The number of nitrogens with zero attached hydrogens (tertiary/aromatic N) is 1. The van der Waals surface area contributed by atoms with E-state index in [0.29, 0.717) is 4.32 Å². The Morgan fingerprint density at radius 1 is 1.12 bits per heavy atom. The van der Waals surface area contributed by atoms with Crippen LogP contribution in [0.3, 0.4) is 0 Å². The average Bonchev–Trinajstić information content (AvgIpc) is 2.88. The fourth-order valence-electron chi connectivity index (χ4n) is 3.00. The average molecular weight is 356 g/mol. The highest BCUT2D eigenvalue weighted by Gasteiger charge is 2.40. The van der Waals surface area contributed by atoms with Gasteiger partial charge in [-0.15, -0.1) is 0 Å². The zero-order valence-corrected chi connectivity index (χ0v) is 15.6. The topological polar surface area (TPSA) is 20.3 Å². The summed E-state index contributed by atoms with van der Waals surface area (Å²) in [6, 6.07) is 18.7. The van der Waals surface area contributed by atoms with E-state index in [1.165, 1.54) is 22.9 Å². The van der Waals surface area contributed by atoms with Crippen LogP contribution in [0.25, 0.3) is 0 Å². The number of rotatable bonds is 5. The molecular formula is C20H21NOS2. The third-order valence-corrected chi connectivity index (χ3v) is 6.07. The second-order valence-electron chi connectivity index (χ2n) is 6.11. The van der Waals surface area contributed by atoms with E-state index in [9.17, 15) is 4.79 Å². The Kier molecular flexibility index (Phi) is 5.36. The largest absolute Gasteiger partial charge is 0.289 e. The van der Waals surface area contributed by atoms with Crippen molar-refractivity contribution in [1.29, 1.82) is 0 Å². The van der Waals surface area contributed by atoms with Gasteiger partial charge in [0, 0.05) is 0 Å². The van der Waals surface area contributed by atoms with E-state index in [-0.39, 0.29) is 17.2 Å². The van der Waals surface area contributed by atoms with Gasteiger partial charge >= 0.3 is 0 Å². The summed E-state index contributed by atoms with van der Waals surface area (Å²) in [6.45, 7) is 4.12. The fraction of sp³-hybridized carbons (Fsp3) is 0.300. The van der Waals surface area contributed by atoms with E-state index in [1.807, 2.05) is 30.0 Å². The van der Waals surface area contributed by atoms with E-state index in [0.717, 1.165) is 18.4 Å². The van der Waals surface area contributed by atoms with Crippen LogP contribution < -0.4 is 0 Å². The van der Waals surface area contributed by atoms with Crippen LogP contribution in [0.15, 0.2) is 54.6 Å². The molecule has 0 aromatic heterocycles. The summed E-state index contributed by atoms with van der Waals surface area (Å²) in [5, 5.41) is -0.0405. The van der Waals surface area contributed by atoms with Gasteiger partial charge in [-0.3, -0.25) is 9.69 Å². The van der Waals surface area contributed by atoms with Gasteiger partial charge in [0.05, 0.1) is 11.3 Å². The Morgan fingerprint density at radius 3 is 2.38 bits per heavy atom. The number of hydrogen-bond acceptors (Lipinski definition) is 3. The lowest BCUT2D eigenvalue weighted by Gasteiger charge is -2.28. The fourth-order valence-corrected chi connectivity index (χ4v) is 4.52. The monoisotopic (exact) mass is 355 g/mol. The normalized spacial score (nSPS) is 18.9. The summed E-state index contributed by atoms with van der Waals surface area (Å²) in [4.78, 5) is 14.7. The summed E-state index contributed by atoms with van der Waals surface area (Å²) >= 11 is 7.07. The van der Waals surface area contributed by atoms with Gasteiger partial charge < -0.3 is 0 Å². The maximum Gasteiger partial charge on any atom is 0.242 e. The number of carbonyl (C=O) groups is 1. The first-order valence-electron chi connectivity index (χ1n) is 8.24. The number of hydrogen-bond donors (Lipinski definition) is 0. The van der Waals surface area contributed by atoms with Crippen LogP contribution in [-0.4, -0.2) is 20.4 Å². The first-order chi connectivity index (χ1) is 11.6. The van der Waals surface area contributed by atoms with E-state index in [2.05, 4.69) is 43.3 Å². The van der Waals surface area contributed by atoms with Crippen LogP contribution in [0.5, 0.6) is 0 Å². The van der Waals surface area contributed by atoms with Crippen molar-refractivity contribution in [3.63, 3.8) is 0 Å². The standard InChI is InChI=1S/C20H21NOS2/c1-3-18-19(22)21(20(23)24-18)17(13-15-7-5-4-6-8-15)16-11-9-14(2)10-12-16/h4-12,17-18H,3,13H2,1-2H3. The highest BCUT2D eigenvalue weighted by Crippen LogP contribution is 2.37. The molecule has 124 valence electrons.